The summed E-state index contributed by atoms with van der Waals surface area (Å²) in [6.07, 6.45) is 2.16. The molecule has 1 atom stereocenters. The molecular weight excluding hydrogens is 350 g/mol. The van der Waals surface area contributed by atoms with E-state index >= 15 is 0 Å². The minimum atomic E-state index is -0.758. The molecule has 1 aromatic carbocycles. The van der Waals surface area contributed by atoms with Crippen molar-refractivity contribution in [2.75, 3.05) is 25.1 Å². The molecule has 1 N–H and O–H groups in total. The minimum absolute atomic E-state index is 0.451. The van der Waals surface area contributed by atoms with Crippen LogP contribution in [0.5, 0.6) is 5.75 Å². The first kappa shape index (κ1) is 16.8. The molecule has 7 heteroatoms. The third-order valence-corrected chi connectivity index (χ3v) is 5.93. The summed E-state index contributed by atoms with van der Waals surface area (Å²) in [6.45, 7) is 2.92. The van der Waals surface area contributed by atoms with E-state index in [9.17, 15) is 9.90 Å². The molecule has 1 aliphatic heterocycles. The van der Waals surface area contributed by atoms with Crippen molar-refractivity contribution in [1.29, 1.82) is 0 Å². The summed E-state index contributed by atoms with van der Waals surface area (Å²) in [4.78, 5) is 23.5. The summed E-state index contributed by atoms with van der Waals surface area (Å²) in [5.74, 6) is 0.861. The second-order valence-corrected chi connectivity index (χ2v) is 7.65. The molecule has 1 saturated heterocycles. The highest BCUT2D eigenvalue weighted by Gasteiger charge is 2.41. The monoisotopic (exact) mass is 369 g/mol. The van der Waals surface area contributed by atoms with Crippen LogP contribution < -0.4 is 9.64 Å². The topological polar surface area (TPSA) is 75.6 Å². The van der Waals surface area contributed by atoms with Gasteiger partial charge in [0.2, 0.25) is 0 Å². The molecule has 0 spiro atoms. The molecule has 0 bridgehead atoms. The molecule has 2 aromatic heterocycles. The average Bonchev–Trinajstić information content (AvgIpc) is 3.26. The lowest BCUT2D eigenvalue weighted by Crippen LogP contribution is -2.32. The van der Waals surface area contributed by atoms with E-state index in [0.29, 0.717) is 19.5 Å². The molecule has 0 amide bonds. The van der Waals surface area contributed by atoms with E-state index in [4.69, 9.17) is 4.74 Å². The van der Waals surface area contributed by atoms with Crippen molar-refractivity contribution in [2.24, 2.45) is 5.41 Å². The summed E-state index contributed by atoms with van der Waals surface area (Å²) >= 11 is 1.57. The van der Waals surface area contributed by atoms with Crippen LogP contribution in [0.4, 0.5) is 5.82 Å². The van der Waals surface area contributed by atoms with E-state index in [1.807, 2.05) is 24.3 Å². The molecule has 1 fully saturated rings. The molecule has 6 nitrogen and oxygen atoms in total. The SMILES string of the molecule is COc1ccc(-c2csc3ncnc(N4CCC(C)(C(=O)O)C4)c23)cc1. The van der Waals surface area contributed by atoms with Gasteiger partial charge >= 0.3 is 5.97 Å². The van der Waals surface area contributed by atoms with Gasteiger partial charge in [-0.15, -0.1) is 11.3 Å². The Kier molecular flexibility index (Phi) is 4.03. The molecule has 0 saturated carbocycles. The quantitative estimate of drug-likeness (QED) is 0.756. The van der Waals surface area contributed by atoms with Gasteiger partial charge in [0.15, 0.2) is 0 Å². The number of methoxy groups -OCH3 is 1. The molecule has 0 radical (unpaired) electrons. The zero-order valence-corrected chi connectivity index (χ0v) is 15.4. The van der Waals surface area contributed by atoms with Crippen molar-refractivity contribution in [3.63, 3.8) is 0 Å². The van der Waals surface area contributed by atoms with E-state index in [1.165, 1.54) is 0 Å². The summed E-state index contributed by atoms with van der Waals surface area (Å²) < 4.78 is 5.24. The summed E-state index contributed by atoms with van der Waals surface area (Å²) in [5, 5.41) is 12.6. The lowest BCUT2D eigenvalue weighted by Gasteiger charge is -2.21. The van der Waals surface area contributed by atoms with Crippen LogP contribution in [0.3, 0.4) is 0 Å². The van der Waals surface area contributed by atoms with Gasteiger partial charge in [0, 0.05) is 24.0 Å². The number of hydrogen-bond acceptors (Lipinski definition) is 6. The first-order valence-corrected chi connectivity index (χ1v) is 9.25. The second kappa shape index (κ2) is 6.25. The lowest BCUT2D eigenvalue weighted by molar-refractivity contribution is -0.146. The average molecular weight is 369 g/mol. The number of ether oxygens (including phenoxy) is 1. The normalized spacial score (nSPS) is 19.8. The molecule has 26 heavy (non-hydrogen) atoms. The van der Waals surface area contributed by atoms with Gasteiger partial charge in [-0.1, -0.05) is 12.1 Å². The van der Waals surface area contributed by atoms with Gasteiger partial charge in [-0.05, 0) is 31.0 Å². The van der Waals surface area contributed by atoms with Gasteiger partial charge in [-0.3, -0.25) is 4.79 Å². The van der Waals surface area contributed by atoms with Crippen molar-refractivity contribution in [1.82, 2.24) is 9.97 Å². The van der Waals surface area contributed by atoms with Gasteiger partial charge in [0.25, 0.3) is 0 Å². The predicted octanol–water partition coefficient (Wildman–Crippen LogP) is 3.67. The Hall–Kier alpha value is -2.67. The third kappa shape index (κ3) is 2.68. The molecule has 3 heterocycles. The van der Waals surface area contributed by atoms with Crippen molar-refractivity contribution < 1.29 is 14.6 Å². The van der Waals surface area contributed by atoms with Gasteiger partial charge in [-0.2, -0.15) is 0 Å². The maximum Gasteiger partial charge on any atom is 0.311 e. The van der Waals surface area contributed by atoms with Gasteiger partial charge < -0.3 is 14.7 Å². The molecule has 4 rings (SSSR count). The fourth-order valence-electron chi connectivity index (χ4n) is 3.40. The van der Waals surface area contributed by atoms with E-state index in [1.54, 1.807) is 31.7 Å². The van der Waals surface area contributed by atoms with Gasteiger partial charge in [0.1, 0.15) is 22.7 Å². The van der Waals surface area contributed by atoms with Gasteiger partial charge in [0.05, 0.1) is 17.9 Å². The standard InChI is InChI=1S/C19H19N3O3S/c1-19(18(23)24)7-8-22(10-19)16-15-14(9-26-17(15)21-11-20-16)12-3-5-13(25-2)6-4-12/h3-6,9,11H,7-8,10H2,1-2H3,(H,23,24). The van der Waals surface area contributed by atoms with E-state index < -0.39 is 11.4 Å². The van der Waals surface area contributed by atoms with Crippen LogP contribution in [0, 0.1) is 5.41 Å². The Morgan fingerprint density at radius 1 is 1.31 bits per heavy atom. The number of nitrogens with zero attached hydrogens (tertiary/aromatic N) is 3. The fraction of sp³-hybridized carbons (Fsp3) is 0.316. The number of anilines is 1. The van der Waals surface area contributed by atoms with Crippen LogP contribution in [-0.2, 0) is 4.79 Å². The number of carboxylic acid groups (broad SMARTS) is 1. The van der Waals surface area contributed by atoms with Crippen molar-refractivity contribution >= 4 is 33.3 Å². The number of carbonyl (C=O) groups is 1. The molecule has 134 valence electrons. The number of thiophene rings is 1. The number of rotatable bonds is 4. The molecule has 1 aliphatic rings. The summed E-state index contributed by atoms with van der Waals surface area (Å²) in [5.41, 5.74) is 1.38. The Bertz CT molecular complexity index is 970. The zero-order chi connectivity index (χ0) is 18.3. The number of aromatic nitrogens is 2. The molecule has 0 aliphatic carbocycles. The lowest BCUT2D eigenvalue weighted by atomic mass is 9.90. The Balaban J connectivity index is 1.79. The third-order valence-electron chi connectivity index (χ3n) is 5.04. The van der Waals surface area contributed by atoms with Crippen molar-refractivity contribution in [3.8, 4) is 16.9 Å². The minimum Gasteiger partial charge on any atom is -0.497 e. The van der Waals surface area contributed by atoms with Crippen molar-refractivity contribution in [2.45, 2.75) is 13.3 Å². The highest BCUT2D eigenvalue weighted by atomic mass is 32.1. The highest BCUT2D eigenvalue weighted by Crippen LogP contribution is 2.41. The van der Waals surface area contributed by atoms with Crippen LogP contribution in [0.1, 0.15) is 13.3 Å². The van der Waals surface area contributed by atoms with E-state index in [2.05, 4.69) is 20.2 Å². The van der Waals surface area contributed by atoms with E-state index in [-0.39, 0.29) is 0 Å². The fourth-order valence-corrected chi connectivity index (χ4v) is 4.31. The van der Waals surface area contributed by atoms with Crippen molar-refractivity contribution in [3.05, 3.63) is 36.0 Å². The Morgan fingerprint density at radius 3 is 2.73 bits per heavy atom. The van der Waals surface area contributed by atoms with Crippen LogP contribution in [0.2, 0.25) is 0 Å². The Morgan fingerprint density at radius 2 is 2.08 bits per heavy atom. The number of benzene rings is 1. The first-order chi connectivity index (χ1) is 12.5. The zero-order valence-electron chi connectivity index (χ0n) is 14.6. The van der Waals surface area contributed by atoms with Crippen LogP contribution in [0.25, 0.3) is 21.3 Å². The number of carboxylic acids is 1. The van der Waals surface area contributed by atoms with Crippen LogP contribution >= 0.6 is 11.3 Å². The number of hydrogen-bond donors (Lipinski definition) is 1. The molecule has 1 unspecified atom stereocenters. The van der Waals surface area contributed by atoms with Crippen LogP contribution in [-0.4, -0.2) is 41.2 Å². The predicted molar refractivity (Wildman–Crippen MR) is 102 cm³/mol. The summed E-state index contributed by atoms with van der Waals surface area (Å²) in [6, 6.07) is 7.89. The molecule has 3 aromatic rings. The highest BCUT2D eigenvalue weighted by molar-refractivity contribution is 7.17. The van der Waals surface area contributed by atoms with Crippen LogP contribution in [0.15, 0.2) is 36.0 Å². The largest absolute Gasteiger partial charge is 0.497 e. The van der Waals surface area contributed by atoms with E-state index in [0.717, 1.165) is 32.9 Å². The Labute approximate surface area is 155 Å². The smallest absolute Gasteiger partial charge is 0.311 e. The second-order valence-electron chi connectivity index (χ2n) is 6.79. The summed E-state index contributed by atoms with van der Waals surface area (Å²) in [7, 11) is 1.65. The maximum atomic E-state index is 11.6. The number of aliphatic carboxylic acids is 1. The molecular formula is C19H19N3O3S. The number of fused-ring (bicyclic) bond motifs is 1. The van der Waals surface area contributed by atoms with Gasteiger partial charge in [-0.25, -0.2) is 9.97 Å². The maximum absolute atomic E-state index is 11.6. The first-order valence-electron chi connectivity index (χ1n) is 8.37.